The number of aliphatic hydroxyl groups is 2. The second kappa shape index (κ2) is 9.24. The number of carboxylic acid groups (broad SMARTS) is 1. The van der Waals surface area contributed by atoms with Crippen LogP contribution in [0.25, 0.3) is 0 Å². The largest absolute Gasteiger partial charge is 0.481 e. The monoisotopic (exact) mass is 476 g/mol. The van der Waals surface area contributed by atoms with Gasteiger partial charge in [0.1, 0.15) is 6.10 Å². The van der Waals surface area contributed by atoms with Gasteiger partial charge in [0, 0.05) is 12.0 Å². The van der Waals surface area contributed by atoms with Crippen LogP contribution in [0.4, 0.5) is 0 Å². The maximum atomic E-state index is 12.1. The molecular weight excluding hydrogens is 432 g/mol. The Morgan fingerprint density at radius 2 is 1.79 bits per heavy atom. The van der Waals surface area contributed by atoms with Crippen molar-refractivity contribution in [2.45, 2.75) is 104 Å². The van der Waals surface area contributed by atoms with Gasteiger partial charge in [-0.1, -0.05) is 27.4 Å². The smallest absolute Gasteiger partial charge is 0.333 e. The summed E-state index contributed by atoms with van der Waals surface area (Å²) >= 11 is 0. The summed E-state index contributed by atoms with van der Waals surface area (Å²) in [5, 5.41) is 32.3. The molecule has 0 aromatic carbocycles. The van der Waals surface area contributed by atoms with Crippen LogP contribution in [0.2, 0.25) is 0 Å². The standard InChI is InChI=1S/C28H44O6/c1-15(2)26(33)34-18-10-11-27(4)17(12-18)13-22(29)25-20-8-7-19(16(3)6-9-24(31)32)28(20,5)23(30)14-21(25)27/h16-23,25,29-30H,1,6-14H2,2-5H3,(H,31,32)/t16-,17+,18+,19-,20+,21+,22-,23+,25+,27+,28-/m1/s1. The molecule has 4 rings (SSSR count). The lowest BCUT2D eigenvalue weighted by molar-refractivity contribution is -0.209. The molecule has 0 aromatic heterocycles. The van der Waals surface area contributed by atoms with Crippen molar-refractivity contribution in [2.24, 2.45) is 46.3 Å². The van der Waals surface area contributed by atoms with Crippen molar-refractivity contribution in [1.82, 2.24) is 0 Å². The van der Waals surface area contributed by atoms with Gasteiger partial charge in [0.15, 0.2) is 0 Å². The molecule has 0 heterocycles. The first-order valence-corrected chi connectivity index (χ1v) is 13.3. The predicted octanol–water partition coefficient (Wildman–Crippen LogP) is 4.58. The third-order valence-electron chi connectivity index (χ3n) is 10.9. The number of carbonyl (C=O) groups excluding carboxylic acids is 1. The SMILES string of the molecule is C=C(C)C(=O)O[C@H]1CC[C@@]2(C)[C@@H](C1)C[C@@H](O)[C@@H]1[C@@H]2C[C@H](O)[C@]2(C)[C@@H]([C@H](C)CCC(=O)O)CC[C@@H]12. The molecule has 0 aromatic rings. The quantitative estimate of drug-likeness (QED) is 0.383. The fourth-order valence-corrected chi connectivity index (χ4v) is 9.03. The summed E-state index contributed by atoms with van der Waals surface area (Å²) in [6.07, 6.45) is 5.74. The van der Waals surface area contributed by atoms with Gasteiger partial charge in [0.05, 0.1) is 12.2 Å². The molecule has 0 amide bonds. The number of aliphatic carboxylic acids is 1. The van der Waals surface area contributed by atoms with Crippen molar-refractivity contribution < 1.29 is 29.6 Å². The van der Waals surface area contributed by atoms with Crippen molar-refractivity contribution in [3.05, 3.63) is 12.2 Å². The second-order valence-corrected chi connectivity index (χ2v) is 12.6. The maximum Gasteiger partial charge on any atom is 0.333 e. The van der Waals surface area contributed by atoms with E-state index in [4.69, 9.17) is 9.84 Å². The van der Waals surface area contributed by atoms with Crippen molar-refractivity contribution in [1.29, 1.82) is 0 Å². The van der Waals surface area contributed by atoms with Gasteiger partial charge in [-0.25, -0.2) is 4.79 Å². The Balaban J connectivity index is 1.54. The summed E-state index contributed by atoms with van der Waals surface area (Å²) in [5.41, 5.74) is 0.156. The van der Waals surface area contributed by atoms with Crippen molar-refractivity contribution in [3.63, 3.8) is 0 Å². The Morgan fingerprint density at radius 3 is 2.44 bits per heavy atom. The molecule has 0 saturated heterocycles. The van der Waals surface area contributed by atoms with E-state index in [2.05, 4.69) is 27.4 Å². The maximum absolute atomic E-state index is 12.1. The van der Waals surface area contributed by atoms with Crippen LogP contribution in [0.1, 0.15) is 85.5 Å². The molecule has 34 heavy (non-hydrogen) atoms. The van der Waals surface area contributed by atoms with Crippen molar-refractivity contribution in [2.75, 3.05) is 0 Å². The van der Waals surface area contributed by atoms with Crippen LogP contribution < -0.4 is 0 Å². The van der Waals surface area contributed by atoms with E-state index in [1.54, 1.807) is 6.92 Å². The van der Waals surface area contributed by atoms with Gasteiger partial charge in [0.2, 0.25) is 0 Å². The molecular formula is C28H44O6. The van der Waals surface area contributed by atoms with E-state index in [1.165, 1.54) is 0 Å². The summed E-state index contributed by atoms with van der Waals surface area (Å²) in [6, 6.07) is 0. The molecule has 4 saturated carbocycles. The summed E-state index contributed by atoms with van der Waals surface area (Å²) in [4.78, 5) is 23.2. The highest BCUT2D eigenvalue weighted by atomic mass is 16.5. The molecule has 3 N–H and O–H groups in total. The zero-order valence-corrected chi connectivity index (χ0v) is 21.3. The van der Waals surface area contributed by atoms with E-state index in [9.17, 15) is 19.8 Å². The highest BCUT2D eigenvalue weighted by molar-refractivity contribution is 5.87. The minimum Gasteiger partial charge on any atom is -0.481 e. The molecule has 6 nitrogen and oxygen atoms in total. The summed E-state index contributed by atoms with van der Waals surface area (Å²) in [6.45, 7) is 12.1. The molecule has 4 aliphatic rings. The molecule has 4 aliphatic carbocycles. The topological polar surface area (TPSA) is 104 Å². The van der Waals surface area contributed by atoms with Crippen LogP contribution in [0.5, 0.6) is 0 Å². The first-order chi connectivity index (χ1) is 15.9. The van der Waals surface area contributed by atoms with Crippen molar-refractivity contribution >= 4 is 11.9 Å². The van der Waals surface area contributed by atoms with Gasteiger partial charge in [-0.05, 0) is 105 Å². The number of aliphatic hydroxyl groups excluding tert-OH is 2. The summed E-state index contributed by atoms with van der Waals surface area (Å²) in [5.74, 6) is 0.361. The lowest BCUT2D eigenvalue weighted by atomic mass is 9.43. The Bertz CT molecular complexity index is 824. The molecule has 0 spiro atoms. The van der Waals surface area contributed by atoms with Gasteiger partial charge in [0.25, 0.3) is 0 Å². The van der Waals surface area contributed by atoms with Crippen LogP contribution in [-0.2, 0) is 14.3 Å². The fraction of sp³-hybridized carbons (Fsp3) is 0.857. The average molecular weight is 477 g/mol. The fourth-order valence-electron chi connectivity index (χ4n) is 9.03. The highest BCUT2D eigenvalue weighted by Gasteiger charge is 2.65. The van der Waals surface area contributed by atoms with E-state index in [-0.39, 0.29) is 64.8 Å². The molecule has 0 unspecified atom stereocenters. The second-order valence-electron chi connectivity index (χ2n) is 12.6. The molecule has 0 radical (unpaired) electrons. The Morgan fingerprint density at radius 1 is 1.09 bits per heavy atom. The number of esters is 1. The Hall–Kier alpha value is -1.40. The number of carboxylic acids is 1. The Labute approximate surface area is 204 Å². The number of hydrogen-bond donors (Lipinski definition) is 3. The summed E-state index contributed by atoms with van der Waals surface area (Å²) < 4.78 is 5.69. The van der Waals surface area contributed by atoms with E-state index in [1.807, 2.05) is 0 Å². The predicted molar refractivity (Wildman–Crippen MR) is 129 cm³/mol. The van der Waals surface area contributed by atoms with Gasteiger partial charge < -0.3 is 20.1 Å². The average Bonchev–Trinajstić information content (AvgIpc) is 3.12. The van der Waals surface area contributed by atoms with Gasteiger partial charge in [-0.3, -0.25) is 4.79 Å². The lowest BCUT2D eigenvalue weighted by Crippen LogP contribution is -2.62. The zero-order valence-electron chi connectivity index (χ0n) is 21.3. The number of hydrogen-bond acceptors (Lipinski definition) is 5. The van der Waals surface area contributed by atoms with Crippen LogP contribution in [0.15, 0.2) is 12.2 Å². The first-order valence-electron chi connectivity index (χ1n) is 13.3. The Kier molecular flexibility index (Phi) is 6.98. The van der Waals surface area contributed by atoms with Crippen LogP contribution >= 0.6 is 0 Å². The van der Waals surface area contributed by atoms with Gasteiger partial charge in [-0.15, -0.1) is 0 Å². The minimum absolute atomic E-state index is 0.0192. The summed E-state index contributed by atoms with van der Waals surface area (Å²) in [7, 11) is 0. The van der Waals surface area contributed by atoms with Crippen LogP contribution in [0.3, 0.4) is 0 Å². The number of rotatable bonds is 6. The molecule has 0 bridgehead atoms. The van der Waals surface area contributed by atoms with E-state index in [0.29, 0.717) is 18.4 Å². The molecule has 4 fully saturated rings. The first kappa shape index (κ1) is 25.7. The molecule has 6 heteroatoms. The third-order valence-corrected chi connectivity index (χ3v) is 10.9. The highest BCUT2D eigenvalue weighted by Crippen LogP contribution is 2.68. The third kappa shape index (κ3) is 4.13. The minimum atomic E-state index is -0.762. The number of ether oxygens (including phenoxy) is 1. The normalized spacial score (nSPS) is 46.5. The zero-order chi connectivity index (χ0) is 25.0. The van der Waals surface area contributed by atoms with Crippen LogP contribution in [0, 0.1) is 46.3 Å². The molecule has 192 valence electrons. The van der Waals surface area contributed by atoms with Gasteiger partial charge in [-0.2, -0.15) is 0 Å². The van der Waals surface area contributed by atoms with E-state index < -0.39 is 18.2 Å². The van der Waals surface area contributed by atoms with Crippen LogP contribution in [-0.4, -0.2) is 45.6 Å². The molecule has 0 aliphatic heterocycles. The molecule has 11 atom stereocenters. The lowest BCUT2D eigenvalue weighted by Gasteiger charge is -2.63. The van der Waals surface area contributed by atoms with Gasteiger partial charge >= 0.3 is 11.9 Å². The number of fused-ring (bicyclic) bond motifs is 5. The number of carbonyl (C=O) groups is 2. The van der Waals surface area contributed by atoms with Crippen molar-refractivity contribution in [3.8, 4) is 0 Å². The van der Waals surface area contributed by atoms with E-state index in [0.717, 1.165) is 38.5 Å². The van der Waals surface area contributed by atoms with E-state index >= 15 is 0 Å².